The smallest absolute Gasteiger partial charge is 0.321 e. The van der Waals surface area contributed by atoms with Gasteiger partial charge < -0.3 is 164 Å². The highest BCUT2D eigenvalue weighted by molar-refractivity contribution is 7.45. The van der Waals surface area contributed by atoms with Crippen LogP contribution in [0.3, 0.4) is 0 Å². The van der Waals surface area contributed by atoms with Crippen molar-refractivity contribution in [3.63, 3.8) is 0 Å². The third-order valence-corrected chi connectivity index (χ3v) is 19.8. The van der Waals surface area contributed by atoms with E-state index in [9.17, 15) is 84.3 Å². The lowest BCUT2D eigenvalue weighted by Crippen LogP contribution is -2.64. The first-order valence-corrected chi connectivity index (χ1v) is 40.5. The van der Waals surface area contributed by atoms with Crippen LogP contribution in [0.5, 0.6) is 5.75 Å². The number of carbonyl (C=O) groups is 8. The fourth-order valence-corrected chi connectivity index (χ4v) is 13.5. The molecule has 44 heteroatoms. The molecule has 0 aromatic heterocycles. The number of ether oxygens (including phenoxy) is 14. The number of hydrogen-bond donors (Lipinski definition) is 17. The second kappa shape index (κ2) is 59.6. The number of aliphatic hydroxyl groups is 9. The van der Waals surface area contributed by atoms with Crippen molar-refractivity contribution in [1.82, 2.24) is 47.2 Å². The summed E-state index contributed by atoms with van der Waals surface area (Å²) < 4.78 is 94.4. The van der Waals surface area contributed by atoms with Crippen molar-refractivity contribution < 1.29 is 160 Å². The van der Waals surface area contributed by atoms with Crippen LogP contribution >= 0.6 is 8.53 Å². The Hall–Kier alpha value is -6.14. The molecular formula is C74H127N10O33P. The van der Waals surface area contributed by atoms with Gasteiger partial charge in [0, 0.05) is 84.7 Å². The molecule has 1 aromatic rings. The van der Waals surface area contributed by atoms with E-state index in [2.05, 4.69) is 53.3 Å². The molecule has 17 N–H and O–H groups in total. The van der Waals surface area contributed by atoms with Gasteiger partial charge in [-0.2, -0.15) is 5.26 Å². The zero-order chi connectivity index (χ0) is 86.8. The first-order valence-electron chi connectivity index (χ1n) is 39.4. The van der Waals surface area contributed by atoms with Crippen LogP contribution in [0.25, 0.3) is 0 Å². The van der Waals surface area contributed by atoms with Crippen LogP contribution in [-0.4, -0.2) is 392 Å². The minimum atomic E-state index is -1.54. The molecule has 3 aliphatic heterocycles. The highest BCUT2D eigenvalue weighted by Gasteiger charge is 2.48. The maximum Gasteiger partial charge on any atom is 0.321 e. The number of benzene rings is 1. The first kappa shape index (κ1) is 104. The molecule has 0 radical (unpaired) electrons. The molecular weight excluding hydrogens is 1590 g/mol. The first-order chi connectivity index (χ1) is 56.6. The van der Waals surface area contributed by atoms with E-state index in [-0.39, 0.29) is 227 Å². The maximum atomic E-state index is 14.0. The summed E-state index contributed by atoms with van der Waals surface area (Å²) in [6.45, 7) is 9.07. The number of nitrogens with one attached hydrogen (secondary N) is 8. The number of Topliss-reactive ketones (excluding diaryl/α,β-unsaturated/α-hetero) is 1. The summed E-state index contributed by atoms with van der Waals surface area (Å²) in [5.41, 5.74) is -0.795. The van der Waals surface area contributed by atoms with Crippen LogP contribution in [-0.2, 0) is 116 Å². The zero-order valence-corrected chi connectivity index (χ0v) is 69.2. The molecule has 118 heavy (non-hydrogen) atoms. The molecule has 3 heterocycles. The fourth-order valence-electron chi connectivity index (χ4n) is 11.9. The average molecular weight is 1720 g/mol. The molecule has 43 nitrogen and oxygen atoms in total. The minimum Gasteiger partial charge on any atom is -0.436 e. The number of nitrogens with zero attached hydrogens (tertiary/aromatic N) is 2. The van der Waals surface area contributed by atoms with Crippen molar-refractivity contribution in [2.75, 3.05) is 185 Å². The number of ketones is 1. The van der Waals surface area contributed by atoms with Gasteiger partial charge in [-0.15, -0.1) is 0 Å². The lowest BCUT2D eigenvalue weighted by atomic mass is 9.97. The van der Waals surface area contributed by atoms with Crippen molar-refractivity contribution in [2.24, 2.45) is 0 Å². The van der Waals surface area contributed by atoms with Crippen molar-refractivity contribution in [2.45, 2.75) is 197 Å². The van der Waals surface area contributed by atoms with Gasteiger partial charge in [0.05, 0.1) is 177 Å². The van der Waals surface area contributed by atoms with E-state index in [1.165, 1.54) is 20.8 Å². The van der Waals surface area contributed by atoms with Gasteiger partial charge in [0.15, 0.2) is 18.9 Å². The Morgan fingerprint density at radius 1 is 0.466 bits per heavy atom. The van der Waals surface area contributed by atoms with Crippen LogP contribution in [0.1, 0.15) is 86.1 Å². The number of aliphatic hydroxyl groups excluding tert-OH is 9. The lowest BCUT2D eigenvalue weighted by molar-refractivity contribution is -0.272. The van der Waals surface area contributed by atoms with E-state index in [1.54, 1.807) is 24.3 Å². The average Bonchev–Trinajstić information content (AvgIpc) is 0.820. The summed E-state index contributed by atoms with van der Waals surface area (Å²) in [5, 5.41) is 122. The Labute approximate surface area is 688 Å². The maximum absolute atomic E-state index is 14.0. The molecule has 16 atom stereocenters. The Bertz CT molecular complexity index is 2980. The number of hydrogen-bond acceptors (Lipinski definition) is 36. The van der Waals surface area contributed by atoms with Crippen LogP contribution in [0, 0.1) is 11.3 Å². The van der Waals surface area contributed by atoms with Gasteiger partial charge in [0.2, 0.25) is 41.4 Å². The Kier molecular flexibility index (Phi) is 52.6. The van der Waals surface area contributed by atoms with Crippen LogP contribution in [0.4, 0.5) is 0 Å². The summed E-state index contributed by atoms with van der Waals surface area (Å²) in [5.74, 6) is -2.99. The molecule has 0 spiro atoms. The number of amides is 7. The van der Waals surface area contributed by atoms with E-state index in [0.717, 1.165) is 5.56 Å². The van der Waals surface area contributed by atoms with E-state index in [1.807, 2.05) is 27.7 Å². The van der Waals surface area contributed by atoms with Gasteiger partial charge in [-0.05, 0) is 45.4 Å². The fraction of sp³-hybridized carbons (Fsp3) is 0.797. The zero-order valence-electron chi connectivity index (χ0n) is 68.3. The summed E-state index contributed by atoms with van der Waals surface area (Å²) in [7, 11) is -1.52. The predicted molar refractivity (Wildman–Crippen MR) is 413 cm³/mol. The second-order valence-electron chi connectivity index (χ2n) is 28.2. The molecule has 3 fully saturated rings. The monoisotopic (exact) mass is 1710 g/mol. The van der Waals surface area contributed by atoms with E-state index in [0.29, 0.717) is 5.75 Å². The largest absolute Gasteiger partial charge is 0.436 e. The predicted octanol–water partition coefficient (Wildman–Crippen LogP) is -6.18. The van der Waals surface area contributed by atoms with Gasteiger partial charge in [-0.3, -0.25) is 38.4 Å². The van der Waals surface area contributed by atoms with Gasteiger partial charge in [0.25, 0.3) is 0 Å². The van der Waals surface area contributed by atoms with E-state index < -0.39 is 161 Å². The Balaban J connectivity index is 1.35. The van der Waals surface area contributed by atoms with Crippen molar-refractivity contribution in [3.05, 3.63) is 29.8 Å². The van der Waals surface area contributed by atoms with Crippen molar-refractivity contribution in [3.8, 4) is 11.8 Å². The summed E-state index contributed by atoms with van der Waals surface area (Å²) in [6, 6.07) is 5.97. The molecule has 3 saturated heterocycles. The SMILES string of the molecule is CC(=O)N[C@H]1[C@H](OCCOCCNCC(=O)CCOCC(COCCC(=O)NCCOCCO[C@@H]2O[C@H](CO)[C@H](O)[C@H](O)[C@H]2NC(C)=O)(COCCC(=O)NCCOCCO[C@@H]2O[C@H](CO)[C@H](O)[C@H](O)[C@H]2NC(C)=O)NC(=O)CCOCCOCCNC(=O)Cc2ccc(OP(OCCC#N)N(C(C)C)C(C)C)cc2)O[C@H](CO)[C@H](O)[C@@H]1O. The third-order valence-electron chi connectivity index (χ3n) is 17.7. The molecule has 1 unspecified atom stereocenters. The molecule has 0 bridgehead atoms. The molecule has 676 valence electrons. The van der Waals surface area contributed by atoms with Gasteiger partial charge >= 0.3 is 8.53 Å². The minimum absolute atomic E-state index is 0.0179. The van der Waals surface area contributed by atoms with Crippen LogP contribution < -0.4 is 47.1 Å². The lowest BCUT2D eigenvalue weighted by Gasteiger charge is -2.42. The van der Waals surface area contributed by atoms with Gasteiger partial charge in [-0.25, -0.2) is 4.67 Å². The van der Waals surface area contributed by atoms with E-state index in [4.69, 9.17) is 80.6 Å². The summed E-state index contributed by atoms with van der Waals surface area (Å²) in [6.07, 6.45) is -16.6. The molecule has 7 amide bonds. The van der Waals surface area contributed by atoms with Gasteiger partial charge in [0.1, 0.15) is 90.1 Å². The quantitative estimate of drug-likeness (QED) is 0.0213. The van der Waals surface area contributed by atoms with Crippen molar-refractivity contribution in [1.29, 1.82) is 5.26 Å². The highest BCUT2D eigenvalue weighted by atomic mass is 31.2. The summed E-state index contributed by atoms with van der Waals surface area (Å²) in [4.78, 5) is 102. The molecule has 3 aliphatic rings. The summed E-state index contributed by atoms with van der Waals surface area (Å²) >= 11 is 0. The second-order valence-corrected chi connectivity index (χ2v) is 29.6. The van der Waals surface area contributed by atoms with Crippen LogP contribution in [0.15, 0.2) is 24.3 Å². The molecule has 1 aromatic carbocycles. The number of rotatable bonds is 64. The Morgan fingerprint density at radius 3 is 1.22 bits per heavy atom. The van der Waals surface area contributed by atoms with Gasteiger partial charge in [-0.1, -0.05) is 12.1 Å². The third kappa shape index (κ3) is 40.7. The normalized spacial score (nSPS) is 23.6. The molecule has 4 rings (SSSR count). The standard InChI is InChI=1S/C74H127N10O33P/c1-47(2)84(48(3)4)118(113-22-8-17-75)117-54-11-9-52(10-12-54)39-61(95)79-21-30-104-32-31-102-24-16-60(94)83-74(45-108-25-14-58(92)77-19-28-105-34-37-111-72-63(81-50(6)89)69(100)66(97)56(42-86)115-72,46-109-26-15-59(93)78-20-29-106-35-38-112-73-64(82-51(7)90)70(101)67(98)57(43-87)116-73)44-107-23-13-53(91)40-76-18-27-103-33-36-110-71-62(80-49(5)88)68(99)65(96)55(41-85)114-71/h9-12,47-48,55-57,62-73,76,85-87,96-101H,8,13-16,18-46H2,1-7H3,(H,77,92)(H,78,93)(H,79,95)(H,80,88)(H,81,89)(H,82,90)(H,83,94)/t55-,56-,57-,62-,63-,64-,65+,66+,67+,68-,69-,70-,71-,72-,73-,118?/m1/s1. The number of carbonyl (C=O) groups excluding carboxylic acids is 8. The molecule has 0 aliphatic carbocycles. The highest BCUT2D eigenvalue weighted by Crippen LogP contribution is 2.46. The van der Waals surface area contributed by atoms with Crippen LogP contribution in [0.2, 0.25) is 0 Å². The Morgan fingerprint density at radius 2 is 0.831 bits per heavy atom. The van der Waals surface area contributed by atoms with Crippen molar-refractivity contribution >= 4 is 55.7 Å². The number of nitriles is 1. The van der Waals surface area contributed by atoms with E-state index >= 15 is 0 Å². The topological polar surface area (TPSA) is 590 Å². The molecule has 0 saturated carbocycles.